The number of hydrogen-bond donors (Lipinski definition) is 2. The summed E-state index contributed by atoms with van der Waals surface area (Å²) in [5.74, 6) is 0.675. The molecule has 1 aliphatic rings. The van der Waals surface area contributed by atoms with Gasteiger partial charge in [0.25, 0.3) is 5.91 Å². The topological polar surface area (TPSA) is 70.9 Å². The number of amides is 1. The number of aryl methyl sites for hydroxylation is 1. The summed E-state index contributed by atoms with van der Waals surface area (Å²) in [6.07, 6.45) is 2.30. The molecule has 1 amide bonds. The first-order chi connectivity index (χ1) is 11.2. The molecule has 0 atom stereocenters. The lowest BCUT2D eigenvalue weighted by molar-refractivity contribution is -0.897. The molecular weight excluding hydrogens is 326 g/mol. The number of rotatable bonds is 5. The average molecular weight is 354 g/mol. The first kappa shape index (κ1) is 18.9. The Morgan fingerprint density at radius 3 is 2.50 bits per heavy atom. The maximum Gasteiger partial charge on any atom is 0.279 e. The number of sulfonamides is 1. The van der Waals surface area contributed by atoms with E-state index in [1.165, 1.54) is 29.4 Å². The van der Waals surface area contributed by atoms with E-state index in [2.05, 4.69) is 12.2 Å². The molecule has 1 aromatic carbocycles. The molecule has 0 saturated carbocycles. The van der Waals surface area contributed by atoms with Crippen LogP contribution in [-0.2, 0) is 14.8 Å². The maximum atomic E-state index is 12.3. The van der Waals surface area contributed by atoms with Gasteiger partial charge in [0.1, 0.15) is 0 Å². The van der Waals surface area contributed by atoms with Crippen LogP contribution < -0.4 is 10.2 Å². The summed E-state index contributed by atoms with van der Waals surface area (Å²) in [6, 6.07) is 4.83. The van der Waals surface area contributed by atoms with Gasteiger partial charge in [0.15, 0.2) is 6.54 Å². The van der Waals surface area contributed by atoms with Crippen molar-refractivity contribution in [3.8, 4) is 0 Å². The minimum atomic E-state index is -3.51. The number of carbonyl (C=O) groups excluding carboxylic acids is 1. The first-order valence-electron chi connectivity index (χ1n) is 8.36. The minimum absolute atomic E-state index is 0.0675. The summed E-state index contributed by atoms with van der Waals surface area (Å²) in [7, 11) is -0.520. The lowest BCUT2D eigenvalue weighted by atomic mass is 9.99. The fourth-order valence-electron chi connectivity index (χ4n) is 2.88. The maximum absolute atomic E-state index is 12.3. The quantitative estimate of drug-likeness (QED) is 0.809. The van der Waals surface area contributed by atoms with E-state index in [1.807, 2.05) is 6.92 Å². The molecule has 1 saturated heterocycles. The van der Waals surface area contributed by atoms with Gasteiger partial charge in [0, 0.05) is 19.8 Å². The summed E-state index contributed by atoms with van der Waals surface area (Å²) in [6.45, 7) is 6.57. The predicted molar refractivity (Wildman–Crippen MR) is 94.6 cm³/mol. The van der Waals surface area contributed by atoms with E-state index in [-0.39, 0.29) is 10.8 Å². The number of nitrogens with zero attached hydrogens (tertiary/aromatic N) is 1. The number of carbonyl (C=O) groups is 1. The standard InChI is InChI=1S/C17H27N3O3S/c1-13-7-9-20(10-8-13)12-17(21)18-16-11-15(6-5-14(16)2)24(22,23)19(3)4/h5-6,11,13H,7-10,12H2,1-4H3,(H,18,21)/p+1. The minimum Gasteiger partial charge on any atom is -0.327 e. The number of likely N-dealkylation sites (tertiary alicyclic amines) is 1. The highest BCUT2D eigenvalue weighted by Gasteiger charge is 2.22. The Morgan fingerprint density at radius 2 is 1.92 bits per heavy atom. The fraction of sp³-hybridized carbons (Fsp3) is 0.588. The molecule has 2 rings (SSSR count). The van der Waals surface area contributed by atoms with Gasteiger partial charge in [-0.2, -0.15) is 0 Å². The van der Waals surface area contributed by atoms with Crippen molar-refractivity contribution in [2.24, 2.45) is 5.92 Å². The van der Waals surface area contributed by atoms with Gasteiger partial charge >= 0.3 is 0 Å². The van der Waals surface area contributed by atoms with Gasteiger partial charge in [0.05, 0.1) is 18.0 Å². The SMILES string of the molecule is Cc1ccc(S(=O)(=O)N(C)C)cc1NC(=O)C[NH+]1CCC(C)CC1. The lowest BCUT2D eigenvalue weighted by Gasteiger charge is -2.26. The van der Waals surface area contributed by atoms with Crippen LogP contribution in [-0.4, -0.2) is 52.4 Å². The van der Waals surface area contributed by atoms with Crippen LogP contribution >= 0.6 is 0 Å². The summed E-state index contributed by atoms with van der Waals surface area (Å²) < 4.78 is 25.6. The van der Waals surface area contributed by atoms with Crippen LogP contribution in [0.2, 0.25) is 0 Å². The zero-order chi connectivity index (χ0) is 17.9. The number of anilines is 1. The molecule has 0 aliphatic carbocycles. The van der Waals surface area contributed by atoms with Crippen molar-refractivity contribution in [1.82, 2.24) is 4.31 Å². The molecule has 1 aromatic rings. The fourth-order valence-corrected chi connectivity index (χ4v) is 3.80. The van der Waals surface area contributed by atoms with Gasteiger partial charge in [-0.1, -0.05) is 13.0 Å². The highest BCUT2D eigenvalue weighted by Crippen LogP contribution is 2.21. The molecule has 7 heteroatoms. The van der Waals surface area contributed by atoms with Gasteiger partial charge in [-0.25, -0.2) is 12.7 Å². The summed E-state index contributed by atoms with van der Waals surface area (Å²) >= 11 is 0. The van der Waals surface area contributed by atoms with Crippen molar-refractivity contribution in [2.45, 2.75) is 31.6 Å². The van der Waals surface area contributed by atoms with Crippen LogP contribution in [0.5, 0.6) is 0 Å². The number of quaternary nitrogens is 1. The van der Waals surface area contributed by atoms with E-state index in [0.29, 0.717) is 12.2 Å². The Balaban J connectivity index is 2.07. The van der Waals surface area contributed by atoms with E-state index in [4.69, 9.17) is 0 Å². The molecule has 0 spiro atoms. The van der Waals surface area contributed by atoms with E-state index >= 15 is 0 Å². The monoisotopic (exact) mass is 354 g/mol. The molecule has 0 bridgehead atoms. The molecule has 0 unspecified atom stereocenters. The van der Waals surface area contributed by atoms with Crippen LogP contribution in [0.25, 0.3) is 0 Å². The molecular formula is C17H28N3O3S+. The van der Waals surface area contributed by atoms with Crippen LogP contribution in [0.4, 0.5) is 5.69 Å². The van der Waals surface area contributed by atoms with Gasteiger partial charge in [-0.15, -0.1) is 0 Å². The van der Waals surface area contributed by atoms with Crippen LogP contribution in [0.1, 0.15) is 25.3 Å². The Morgan fingerprint density at radius 1 is 1.29 bits per heavy atom. The van der Waals surface area contributed by atoms with E-state index < -0.39 is 10.0 Å². The predicted octanol–water partition coefficient (Wildman–Crippen LogP) is 0.499. The number of benzene rings is 1. The van der Waals surface area contributed by atoms with E-state index in [0.717, 1.165) is 37.4 Å². The van der Waals surface area contributed by atoms with Crippen molar-refractivity contribution >= 4 is 21.6 Å². The zero-order valence-electron chi connectivity index (χ0n) is 14.9. The van der Waals surface area contributed by atoms with Crippen LogP contribution in [0.3, 0.4) is 0 Å². The van der Waals surface area contributed by atoms with Crippen molar-refractivity contribution in [3.63, 3.8) is 0 Å². The van der Waals surface area contributed by atoms with Crippen LogP contribution in [0.15, 0.2) is 23.1 Å². The zero-order valence-corrected chi connectivity index (χ0v) is 15.7. The second kappa shape index (κ2) is 7.63. The molecule has 1 aliphatic heterocycles. The molecule has 2 N–H and O–H groups in total. The molecule has 6 nitrogen and oxygen atoms in total. The Bertz CT molecular complexity index is 693. The lowest BCUT2D eigenvalue weighted by Crippen LogP contribution is -3.14. The summed E-state index contributed by atoms with van der Waals surface area (Å²) in [5.41, 5.74) is 1.41. The summed E-state index contributed by atoms with van der Waals surface area (Å²) in [4.78, 5) is 13.8. The Labute approximate surface area is 144 Å². The third-order valence-corrected chi connectivity index (χ3v) is 6.46. The van der Waals surface area contributed by atoms with Gasteiger partial charge < -0.3 is 10.2 Å². The first-order valence-corrected chi connectivity index (χ1v) is 9.80. The second-order valence-corrected chi connectivity index (χ2v) is 9.07. The number of nitrogens with one attached hydrogen (secondary N) is 2. The molecule has 24 heavy (non-hydrogen) atoms. The smallest absolute Gasteiger partial charge is 0.279 e. The molecule has 1 heterocycles. The normalized spacial score (nSPS) is 21.7. The molecule has 0 radical (unpaired) electrons. The Kier molecular flexibility index (Phi) is 6.01. The third kappa shape index (κ3) is 4.55. The number of hydrogen-bond acceptors (Lipinski definition) is 3. The van der Waals surface area contributed by atoms with Gasteiger partial charge in [-0.3, -0.25) is 4.79 Å². The molecule has 134 valence electrons. The third-order valence-electron chi connectivity index (χ3n) is 4.65. The number of piperidine rings is 1. The van der Waals surface area contributed by atoms with Crippen molar-refractivity contribution < 1.29 is 18.1 Å². The largest absolute Gasteiger partial charge is 0.327 e. The molecule has 0 aromatic heterocycles. The highest BCUT2D eigenvalue weighted by atomic mass is 32.2. The van der Waals surface area contributed by atoms with Gasteiger partial charge in [0.2, 0.25) is 10.0 Å². The highest BCUT2D eigenvalue weighted by molar-refractivity contribution is 7.89. The Hall–Kier alpha value is -1.44. The summed E-state index contributed by atoms with van der Waals surface area (Å²) in [5, 5.41) is 2.88. The van der Waals surface area contributed by atoms with Crippen molar-refractivity contribution in [2.75, 3.05) is 39.0 Å². The average Bonchev–Trinajstić information content (AvgIpc) is 2.51. The van der Waals surface area contributed by atoms with Crippen molar-refractivity contribution in [3.05, 3.63) is 23.8 Å². The second-order valence-electron chi connectivity index (χ2n) is 6.92. The van der Waals surface area contributed by atoms with Crippen LogP contribution in [0, 0.1) is 12.8 Å². The van der Waals surface area contributed by atoms with E-state index in [1.54, 1.807) is 12.1 Å². The van der Waals surface area contributed by atoms with E-state index in [9.17, 15) is 13.2 Å². The molecule has 1 fully saturated rings. The van der Waals surface area contributed by atoms with Crippen molar-refractivity contribution in [1.29, 1.82) is 0 Å². The van der Waals surface area contributed by atoms with Gasteiger partial charge in [-0.05, 0) is 43.4 Å².